The Morgan fingerprint density at radius 2 is 1.91 bits per heavy atom. The van der Waals surface area contributed by atoms with Gasteiger partial charge in [-0.2, -0.15) is 0 Å². The quantitative estimate of drug-likeness (QED) is 0.234. The number of hydrogen-bond acceptors (Lipinski definition) is 7. The van der Waals surface area contributed by atoms with E-state index < -0.39 is 5.91 Å². The van der Waals surface area contributed by atoms with Crippen molar-refractivity contribution in [3.8, 4) is 29.4 Å². The third-order valence-corrected chi connectivity index (χ3v) is 7.50. The lowest BCUT2D eigenvalue weighted by molar-refractivity contribution is -0.111. The fraction of sp³-hybridized carbons (Fsp3) is 0.294. The Morgan fingerprint density at radius 3 is 2.65 bits per heavy atom. The number of rotatable bonds is 7. The van der Waals surface area contributed by atoms with Gasteiger partial charge in [-0.05, 0) is 95.1 Å². The van der Waals surface area contributed by atoms with E-state index in [9.17, 15) is 4.79 Å². The molecular weight excluding hydrogens is 560 g/mol. The van der Waals surface area contributed by atoms with Crippen LogP contribution in [0.5, 0.6) is 5.75 Å². The van der Waals surface area contributed by atoms with Crippen LogP contribution in [0.2, 0.25) is 5.02 Å². The molecule has 1 amide bonds. The molecule has 9 heteroatoms. The smallest absolute Gasteiger partial charge is 0.300 e. The molecule has 1 aliphatic rings. The minimum atomic E-state index is -0.417. The van der Waals surface area contributed by atoms with Crippen molar-refractivity contribution >= 4 is 45.6 Å². The number of pyridine rings is 1. The first-order valence-electron chi connectivity index (χ1n) is 14.2. The number of halogens is 1. The van der Waals surface area contributed by atoms with Gasteiger partial charge >= 0.3 is 0 Å². The number of nitrogens with one attached hydrogen (secondary N) is 2. The normalized spacial score (nSPS) is 13.3. The molecule has 2 aromatic heterocycles. The Labute approximate surface area is 257 Å². The molecule has 0 unspecified atom stereocenters. The van der Waals surface area contributed by atoms with Crippen LogP contribution in [0.25, 0.3) is 10.9 Å². The number of nitrogens with zero attached hydrogens (tertiary/aromatic N) is 4. The maximum atomic E-state index is 12.5. The summed E-state index contributed by atoms with van der Waals surface area (Å²) in [5.74, 6) is 12.6. The summed E-state index contributed by atoms with van der Waals surface area (Å²) in [5, 5.41) is 7.37. The van der Waals surface area contributed by atoms with Crippen molar-refractivity contribution < 1.29 is 9.53 Å². The molecule has 1 saturated heterocycles. The molecule has 218 valence electrons. The molecule has 2 aromatic carbocycles. The molecule has 0 atom stereocenters. The van der Waals surface area contributed by atoms with Crippen molar-refractivity contribution in [1.82, 2.24) is 19.9 Å². The Bertz CT molecular complexity index is 1750. The van der Waals surface area contributed by atoms with E-state index in [4.69, 9.17) is 16.3 Å². The van der Waals surface area contributed by atoms with Gasteiger partial charge in [0.25, 0.3) is 5.91 Å². The first-order chi connectivity index (χ1) is 20.8. The predicted octanol–water partition coefficient (Wildman–Crippen LogP) is 6.58. The van der Waals surface area contributed by atoms with Crippen molar-refractivity contribution in [1.29, 1.82) is 0 Å². The van der Waals surface area contributed by atoms with E-state index in [1.807, 2.05) is 36.4 Å². The number of likely N-dealkylation sites (tertiary alicyclic amines) is 1. The lowest BCUT2D eigenvalue weighted by Gasteiger charge is -2.37. The van der Waals surface area contributed by atoms with Crippen molar-refractivity contribution in [2.45, 2.75) is 52.2 Å². The van der Waals surface area contributed by atoms with E-state index in [2.05, 4.69) is 68.0 Å². The topological polar surface area (TPSA) is 92.3 Å². The van der Waals surface area contributed by atoms with Gasteiger partial charge in [0.2, 0.25) is 0 Å². The van der Waals surface area contributed by atoms with E-state index in [0.29, 0.717) is 51.0 Å². The van der Waals surface area contributed by atoms with Gasteiger partial charge in [-0.3, -0.25) is 14.7 Å². The molecule has 1 fully saturated rings. The van der Waals surface area contributed by atoms with Crippen LogP contribution in [-0.2, 0) is 11.4 Å². The third-order valence-electron chi connectivity index (χ3n) is 7.21. The molecule has 0 aliphatic carbocycles. The van der Waals surface area contributed by atoms with Gasteiger partial charge in [0.05, 0.1) is 33.0 Å². The molecule has 8 nitrogen and oxygen atoms in total. The molecule has 5 rings (SSSR count). The Balaban J connectivity index is 1.44. The fourth-order valence-electron chi connectivity index (χ4n) is 4.90. The highest BCUT2D eigenvalue weighted by Gasteiger charge is 2.26. The van der Waals surface area contributed by atoms with Crippen LogP contribution in [0, 0.1) is 23.7 Å². The molecule has 4 aromatic rings. The summed E-state index contributed by atoms with van der Waals surface area (Å²) in [4.78, 5) is 28.2. The van der Waals surface area contributed by atoms with Gasteiger partial charge in [0.1, 0.15) is 24.5 Å². The van der Waals surface area contributed by atoms with Crippen LogP contribution in [0.15, 0.2) is 61.1 Å². The number of aromatic nitrogens is 3. The second-order valence-corrected chi connectivity index (χ2v) is 11.1. The van der Waals surface area contributed by atoms with E-state index in [1.165, 1.54) is 25.6 Å². The lowest BCUT2D eigenvalue weighted by Crippen LogP contribution is -2.45. The van der Waals surface area contributed by atoms with Crippen LogP contribution < -0.4 is 15.4 Å². The number of ether oxygens (including phenoxy) is 1. The molecule has 0 saturated carbocycles. The number of anilines is 3. The zero-order valence-corrected chi connectivity index (χ0v) is 25.3. The highest BCUT2D eigenvalue weighted by atomic mass is 35.5. The van der Waals surface area contributed by atoms with E-state index in [0.717, 1.165) is 18.8 Å². The van der Waals surface area contributed by atoms with Crippen molar-refractivity contribution in [2.75, 3.05) is 23.7 Å². The molecule has 0 spiro atoms. The van der Waals surface area contributed by atoms with Crippen LogP contribution in [0.1, 0.15) is 51.3 Å². The minimum absolute atomic E-state index is 0.307. The number of benzene rings is 2. The summed E-state index contributed by atoms with van der Waals surface area (Å²) in [7, 11) is 0. The Kier molecular flexibility index (Phi) is 9.41. The zero-order valence-electron chi connectivity index (χ0n) is 24.5. The van der Waals surface area contributed by atoms with Crippen molar-refractivity contribution in [2.24, 2.45) is 0 Å². The monoisotopic (exact) mass is 592 g/mol. The molecule has 1 aliphatic heterocycles. The zero-order chi connectivity index (χ0) is 30.2. The summed E-state index contributed by atoms with van der Waals surface area (Å²) in [6.07, 6.45) is 6.82. The van der Waals surface area contributed by atoms with Crippen molar-refractivity contribution in [3.05, 3.63) is 77.3 Å². The summed E-state index contributed by atoms with van der Waals surface area (Å²) >= 11 is 6.54. The average molecular weight is 593 g/mol. The van der Waals surface area contributed by atoms with E-state index in [1.54, 1.807) is 25.3 Å². The van der Waals surface area contributed by atoms with Gasteiger partial charge in [-0.15, -0.1) is 0 Å². The lowest BCUT2D eigenvalue weighted by atomic mass is 9.98. The highest BCUT2D eigenvalue weighted by molar-refractivity contribution is 6.32. The molecule has 0 bridgehead atoms. The fourth-order valence-corrected chi connectivity index (χ4v) is 5.13. The average Bonchev–Trinajstić information content (AvgIpc) is 3.01. The summed E-state index contributed by atoms with van der Waals surface area (Å²) in [6.45, 7) is 8.26. The molecule has 3 heterocycles. The van der Waals surface area contributed by atoms with Crippen LogP contribution in [0.4, 0.5) is 17.2 Å². The molecule has 2 N–H and O–H groups in total. The number of carbonyl (C=O) groups is 1. The first kappa shape index (κ1) is 29.8. The largest absolute Gasteiger partial charge is 0.486 e. The molecule has 0 radical (unpaired) electrons. The number of fused-ring (bicyclic) bond motifs is 1. The second kappa shape index (κ2) is 13.6. The molecule has 43 heavy (non-hydrogen) atoms. The van der Waals surface area contributed by atoms with Gasteiger partial charge in [-0.25, -0.2) is 9.97 Å². The molecular formula is C34H33ClN6O2. The number of amides is 1. The Hall–Kier alpha value is -4.63. The number of hydrogen-bond donors (Lipinski definition) is 2. The van der Waals surface area contributed by atoms with Crippen LogP contribution in [0.3, 0.4) is 0 Å². The van der Waals surface area contributed by atoms with E-state index >= 15 is 0 Å². The highest BCUT2D eigenvalue weighted by Crippen LogP contribution is 2.32. The van der Waals surface area contributed by atoms with E-state index in [-0.39, 0.29) is 5.54 Å². The van der Waals surface area contributed by atoms with Gasteiger partial charge in [0, 0.05) is 17.3 Å². The summed E-state index contributed by atoms with van der Waals surface area (Å²) in [6, 6.07) is 14.8. The third kappa shape index (κ3) is 7.61. The van der Waals surface area contributed by atoms with Crippen molar-refractivity contribution in [3.63, 3.8) is 0 Å². The first-order valence-corrected chi connectivity index (χ1v) is 14.6. The van der Waals surface area contributed by atoms with Crippen LogP contribution >= 0.6 is 11.6 Å². The van der Waals surface area contributed by atoms with Crippen LogP contribution in [-0.4, -0.2) is 44.4 Å². The summed E-state index contributed by atoms with van der Waals surface area (Å²) in [5.41, 5.74) is 3.08. The Morgan fingerprint density at radius 1 is 1.07 bits per heavy atom. The minimum Gasteiger partial charge on any atom is -0.486 e. The number of piperidine rings is 1. The maximum absolute atomic E-state index is 12.5. The summed E-state index contributed by atoms with van der Waals surface area (Å²) < 4.78 is 5.85. The number of carbonyl (C=O) groups excluding carboxylic acids is 1. The SMILES string of the molecule is CC#CC(=O)Nc1cc2c(Nc3ccc(OCc4ccccn4)c(Cl)c3)ncnc2cc1C#CC(C)(C)N1CCCCC1. The second-order valence-electron chi connectivity index (χ2n) is 10.7. The van der Waals surface area contributed by atoms with Gasteiger partial charge in [0.15, 0.2) is 0 Å². The standard InChI is InChI=1S/C34H33ClN6O2/c1-4-10-32(42)40-29-21-27-30(19-24(29)14-15-34(2,3)41-17-8-5-9-18-41)37-23-38-33(27)39-25-12-13-31(28(35)20-25)43-22-26-11-6-7-16-36-26/h6-7,11-13,16,19-21,23H,5,8-9,17-18,22H2,1-3H3,(H,40,42)(H,37,38,39). The maximum Gasteiger partial charge on any atom is 0.300 e. The van der Waals surface area contributed by atoms with Gasteiger partial charge < -0.3 is 15.4 Å². The predicted molar refractivity (Wildman–Crippen MR) is 171 cm³/mol. The van der Waals surface area contributed by atoms with Gasteiger partial charge in [-0.1, -0.05) is 41.8 Å².